The summed E-state index contributed by atoms with van der Waals surface area (Å²) in [5.41, 5.74) is 9.69. The van der Waals surface area contributed by atoms with E-state index in [0.717, 1.165) is 6.20 Å². The summed E-state index contributed by atoms with van der Waals surface area (Å²) in [6, 6.07) is 1.53. The Morgan fingerprint density at radius 2 is 2.12 bits per heavy atom. The lowest BCUT2D eigenvalue weighted by molar-refractivity contribution is -0.274. The molecule has 5 nitrogen and oxygen atoms in total. The summed E-state index contributed by atoms with van der Waals surface area (Å²) >= 11 is 0. The monoisotopic (exact) mass is 232 g/mol. The summed E-state index contributed by atoms with van der Waals surface area (Å²) in [6.45, 7) is -0.183. The van der Waals surface area contributed by atoms with Crippen LogP contribution in [0.15, 0.2) is 6.20 Å². The molecule has 8 heteroatoms. The van der Waals surface area contributed by atoms with Crippen LogP contribution in [0.4, 0.5) is 18.9 Å². The van der Waals surface area contributed by atoms with Crippen molar-refractivity contribution in [3.63, 3.8) is 0 Å². The van der Waals surface area contributed by atoms with E-state index in [-0.39, 0.29) is 17.9 Å². The number of anilines is 1. The minimum atomic E-state index is -4.92. The van der Waals surface area contributed by atoms with E-state index >= 15 is 0 Å². The molecule has 0 atom stereocenters. The number of aromatic nitrogens is 1. The van der Waals surface area contributed by atoms with Crippen LogP contribution in [0.3, 0.4) is 0 Å². The van der Waals surface area contributed by atoms with Crippen LogP contribution >= 0.6 is 0 Å². The summed E-state index contributed by atoms with van der Waals surface area (Å²) < 4.78 is 39.8. The van der Waals surface area contributed by atoms with Crippen LogP contribution in [0.2, 0.25) is 0 Å². The number of hydrogen-bond acceptors (Lipinski definition) is 5. The quantitative estimate of drug-likeness (QED) is 0.789. The largest absolute Gasteiger partial charge is 0.573 e. The molecule has 1 aromatic rings. The second-order valence-corrected chi connectivity index (χ2v) is 2.73. The molecule has 16 heavy (non-hydrogen) atoms. The highest BCUT2D eigenvalue weighted by Crippen LogP contribution is 2.32. The van der Waals surface area contributed by atoms with Crippen LogP contribution in [-0.2, 0) is 6.54 Å². The van der Waals surface area contributed by atoms with E-state index < -0.39 is 17.7 Å². The van der Waals surface area contributed by atoms with Gasteiger partial charge in [0.1, 0.15) is 11.6 Å². The van der Waals surface area contributed by atoms with Crippen molar-refractivity contribution in [1.29, 1.82) is 5.26 Å². The van der Waals surface area contributed by atoms with Gasteiger partial charge in [0.25, 0.3) is 0 Å². The van der Waals surface area contributed by atoms with Crippen LogP contribution in [0, 0.1) is 11.3 Å². The van der Waals surface area contributed by atoms with Crippen LogP contribution < -0.4 is 16.2 Å². The maximum Gasteiger partial charge on any atom is 0.573 e. The molecule has 0 unspecified atom stereocenters. The van der Waals surface area contributed by atoms with Crippen molar-refractivity contribution < 1.29 is 17.9 Å². The van der Waals surface area contributed by atoms with Gasteiger partial charge in [0.2, 0.25) is 0 Å². The third kappa shape index (κ3) is 2.52. The Labute approximate surface area is 88.4 Å². The molecule has 0 saturated heterocycles. The molecule has 0 fully saturated rings. The lowest BCUT2D eigenvalue weighted by Gasteiger charge is -2.13. The fourth-order valence-corrected chi connectivity index (χ4v) is 1.04. The first-order valence-electron chi connectivity index (χ1n) is 4.02. The van der Waals surface area contributed by atoms with E-state index in [9.17, 15) is 13.2 Å². The number of hydrogen-bond donors (Lipinski definition) is 2. The first-order valence-corrected chi connectivity index (χ1v) is 4.02. The van der Waals surface area contributed by atoms with Gasteiger partial charge in [-0.3, -0.25) is 4.98 Å². The molecule has 0 aliphatic rings. The predicted octanol–water partition coefficient (Wildman–Crippen LogP) is 0.893. The van der Waals surface area contributed by atoms with E-state index in [2.05, 4.69) is 9.72 Å². The number of alkyl halides is 3. The summed E-state index contributed by atoms with van der Waals surface area (Å²) in [5, 5.41) is 8.70. The maximum atomic E-state index is 12.0. The van der Waals surface area contributed by atoms with Gasteiger partial charge in [-0.2, -0.15) is 5.26 Å². The van der Waals surface area contributed by atoms with E-state index in [1.54, 1.807) is 0 Å². The second kappa shape index (κ2) is 4.24. The number of ether oxygens (including phenoxy) is 1. The number of rotatable bonds is 2. The number of nitriles is 1. The Kier molecular flexibility index (Phi) is 3.20. The van der Waals surface area contributed by atoms with Crippen molar-refractivity contribution in [2.75, 3.05) is 5.73 Å². The molecule has 0 saturated carbocycles. The lowest BCUT2D eigenvalue weighted by Crippen LogP contribution is -2.20. The third-order valence-corrected chi connectivity index (χ3v) is 1.66. The van der Waals surface area contributed by atoms with Crippen molar-refractivity contribution in [3.8, 4) is 11.8 Å². The van der Waals surface area contributed by atoms with Gasteiger partial charge >= 0.3 is 6.36 Å². The van der Waals surface area contributed by atoms with Gasteiger partial charge in [0.05, 0.1) is 17.6 Å². The lowest BCUT2D eigenvalue weighted by atomic mass is 10.1. The predicted molar refractivity (Wildman–Crippen MR) is 47.9 cm³/mol. The number of nitrogens with zero attached hydrogens (tertiary/aromatic N) is 2. The number of halogens is 3. The molecule has 0 bridgehead atoms. The average Bonchev–Trinajstić information content (AvgIpc) is 2.19. The SMILES string of the molecule is N#Cc1c(CN)ncc(N)c1OC(F)(F)F. The zero-order valence-electron chi connectivity index (χ0n) is 7.88. The van der Waals surface area contributed by atoms with Gasteiger partial charge in [-0.1, -0.05) is 0 Å². The standard InChI is InChI=1S/C8H7F3N4O/c9-8(10,11)16-7-4(1-12)6(2-13)15-3-5(7)14/h3H,2,13-14H2. The van der Waals surface area contributed by atoms with Gasteiger partial charge < -0.3 is 16.2 Å². The molecule has 0 radical (unpaired) electrons. The highest BCUT2D eigenvalue weighted by molar-refractivity contribution is 5.61. The zero-order valence-corrected chi connectivity index (χ0v) is 7.88. The molecular formula is C8H7F3N4O. The van der Waals surface area contributed by atoms with Gasteiger partial charge in [-0.15, -0.1) is 13.2 Å². The minimum absolute atomic E-state index is 0.00375. The third-order valence-electron chi connectivity index (χ3n) is 1.66. The summed E-state index contributed by atoms with van der Waals surface area (Å²) in [4.78, 5) is 3.64. The Hall–Kier alpha value is -2.01. The highest BCUT2D eigenvalue weighted by Gasteiger charge is 2.34. The minimum Gasteiger partial charge on any atom is -0.402 e. The Balaban J connectivity index is 3.31. The summed E-state index contributed by atoms with van der Waals surface area (Å²) in [7, 11) is 0. The van der Waals surface area contributed by atoms with Crippen molar-refractivity contribution >= 4 is 5.69 Å². The average molecular weight is 232 g/mol. The van der Waals surface area contributed by atoms with Gasteiger partial charge in [0, 0.05) is 6.54 Å². The van der Waals surface area contributed by atoms with Gasteiger partial charge in [-0.25, -0.2) is 0 Å². The van der Waals surface area contributed by atoms with Crippen molar-refractivity contribution in [2.24, 2.45) is 5.73 Å². The summed E-state index contributed by atoms with van der Waals surface area (Å²) in [6.07, 6.45) is -3.96. The molecule has 0 aromatic carbocycles. The van der Waals surface area contributed by atoms with Crippen molar-refractivity contribution in [1.82, 2.24) is 4.98 Å². The molecular weight excluding hydrogens is 225 g/mol. The highest BCUT2D eigenvalue weighted by atomic mass is 19.4. The van der Waals surface area contributed by atoms with E-state index in [4.69, 9.17) is 16.7 Å². The molecule has 4 N–H and O–H groups in total. The van der Waals surface area contributed by atoms with Crippen LogP contribution in [0.1, 0.15) is 11.3 Å². The first kappa shape index (κ1) is 12.1. The van der Waals surface area contributed by atoms with Crippen LogP contribution in [-0.4, -0.2) is 11.3 Å². The van der Waals surface area contributed by atoms with E-state index in [1.807, 2.05) is 0 Å². The fraction of sp³-hybridized carbons (Fsp3) is 0.250. The van der Waals surface area contributed by atoms with E-state index in [0.29, 0.717) is 0 Å². The maximum absolute atomic E-state index is 12.0. The number of nitrogens with two attached hydrogens (primary N) is 2. The van der Waals surface area contributed by atoms with Gasteiger partial charge in [0.15, 0.2) is 5.75 Å². The van der Waals surface area contributed by atoms with Crippen molar-refractivity contribution in [3.05, 3.63) is 17.5 Å². The molecule has 0 aliphatic carbocycles. The molecule has 0 amide bonds. The second-order valence-electron chi connectivity index (χ2n) is 2.73. The smallest absolute Gasteiger partial charge is 0.402 e. The molecule has 1 aromatic heterocycles. The number of pyridine rings is 1. The Bertz CT molecular complexity index is 438. The molecule has 0 spiro atoms. The fourth-order valence-electron chi connectivity index (χ4n) is 1.04. The van der Waals surface area contributed by atoms with E-state index in [1.165, 1.54) is 6.07 Å². The van der Waals surface area contributed by atoms with Gasteiger partial charge in [-0.05, 0) is 0 Å². The molecule has 1 heterocycles. The molecule has 0 aliphatic heterocycles. The van der Waals surface area contributed by atoms with Crippen LogP contribution in [0.5, 0.6) is 5.75 Å². The zero-order chi connectivity index (χ0) is 12.3. The molecule has 1 rings (SSSR count). The first-order chi connectivity index (χ1) is 7.39. The number of nitrogen functional groups attached to an aromatic ring is 1. The summed E-state index contributed by atoms with van der Waals surface area (Å²) in [5.74, 6) is -0.759. The topological polar surface area (TPSA) is 98.0 Å². The van der Waals surface area contributed by atoms with Crippen molar-refractivity contribution in [2.45, 2.75) is 12.9 Å². The normalized spacial score (nSPS) is 10.9. The Morgan fingerprint density at radius 3 is 2.56 bits per heavy atom. The van der Waals surface area contributed by atoms with Crippen LogP contribution in [0.25, 0.3) is 0 Å². The molecule has 86 valence electrons. The Morgan fingerprint density at radius 1 is 1.50 bits per heavy atom.